The average Bonchev–Trinajstić information content (AvgIpc) is 2.48. The van der Waals surface area contributed by atoms with E-state index >= 15 is 0 Å². The first-order valence-electron chi connectivity index (χ1n) is 6.61. The molecule has 0 saturated carbocycles. The molecule has 3 nitrogen and oxygen atoms in total. The van der Waals surface area contributed by atoms with Gasteiger partial charge in [0.25, 0.3) is 0 Å². The highest BCUT2D eigenvalue weighted by Gasteiger charge is 2.00. The summed E-state index contributed by atoms with van der Waals surface area (Å²) >= 11 is 0. The molecule has 0 unspecified atom stereocenters. The van der Waals surface area contributed by atoms with E-state index in [1.165, 1.54) is 5.56 Å². The predicted octanol–water partition coefficient (Wildman–Crippen LogP) is 2.32. The Hall–Kier alpha value is -2.31. The molecule has 2 N–H and O–H groups in total. The number of nitrogens with two attached hydrogens (primary N) is 1. The number of ether oxygens (including phenoxy) is 1. The maximum absolute atomic E-state index is 5.80. The second-order valence-corrected chi connectivity index (χ2v) is 4.45. The summed E-state index contributed by atoms with van der Waals surface area (Å²) < 4.78 is 5.80. The molecule has 20 heavy (non-hydrogen) atoms. The molecule has 0 fully saturated rings. The second-order valence-electron chi connectivity index (χ2n) is 4.45. The lowest BCUT2D eigenvalue weighted by Crippen LogP contribution is -2.02. The van der Waals surface area contributed by atoms with Gasteiger partial charge < -0.3 is 10.5 Å². The van der Waals surface area contributed by atoms with Crippen LogP contribution in [0.1, 0.15) is 16.7 Å². The molecule has 1 aromatic heterocycles. The Morgan fingerprint density at radius 1 is 1.30 bits per heavy atom. The fraction of sp³-hybridized carbons (Fsp3) is 0.235. The predicted molar refractivity (Wildman–Crippen MR) is 80.5 cm³/mol. The summed E-state index contributed by atoms with van der Waals surface area (Å²) in [7, 11) is 0. The third-order valence-corrected chi connectivity index (χ3v) is 2.88. The first-order valence-corrected chi connectivity index (χ1v) is 6.61. The third-order valence-electron chi connectivity index (χ3n) is 2.88. The van der Waals surface area contributed by atoms with Gasteiger partial charge in [-0.25, -0.2) is 0 Å². The lowest BCUT2D eigenvalue weighted by molar-refractivity contribution is 0.319. The van der Waals surface area contributed by atoms with Crippen LogP contribution in [0.5, 0.6) is 5.75 Å². The van der Waals surface area contributed by atoms with E-state index in [0.29, 0.717) is 13.2 Å². The van der Waals surface area contributed by atoms with Gasteiger partial charge in [-0.2, -0.15) is 0 Å². The Kier molecular flexibility index (Phi) is 5.16. The van der Waals surface area contributed by atoms with Crippen LogP contribution in [0.2, 0.25) is 0 Å². The number of nitrogens with zero attached hydrogens (tertiary/aromatic N) is 1. The Bertz CT molecular complexity index is 612. The van der Waals surface area contributed by atoms with E-state index < -0.39 is 0 Å². The van der Waals surface area contributed by atoms with Crippen molar-refractivity contribution in [2.24, 2.45) is 5.73 Å². The molecule has 0 bridgehead atoms. The van der Waals surface area contributed by atoms with E-state index in [0.717, 1.165) is 23.3 Å². The van der Waals surface area contributed by atoms with Crippen LogP contribution in [0.25, 0.3) is 0 Å². The van der Waals surface area contributed by atoms with Gasteiger partial charge in [-0.1, -0.05) is 17.9 Å². The molecule has 2 rings (SSSR count). The van der Waals surface area contributed by atoms with E-state index in [-0.39, 0.29) is 0 Å². The van der Waals surface area contributed by atoms with Crippen LogP contribution in [-0.2, 0) is 6.42 Å². The number of hydrogen-bond donors (Lipinski definition) is 1. The Balaban J connectivity index is 1.93. The van der Waals surface area contributed by atoms with Gasteiger partial charge in [-0.15, -0.1) is 0 Å². The lowest BCUT2D eigenvalue weighted by atomic mass is 10.1. The summed E-state index contributed by atoms with van der Waals surface area (Å²) in [6.45, 7) is 3.04. The van der Waals surface area contributed by atoms with Crippen LogP contribution in [-0.4, -0.2) is 18.1 Å². The molecule has 0 saturated heterocycles. The molecule has 0 aliphatic carbocycles. The quantitative estimate of drug-likeness (QED) is 0.864. The minimum atomic E-state index is 0.377. The zero-order chi connectivity index (χ0) is 14.2. The van der Waals surface area contributed by atoms with Gasteiger partial charge in [-0.05, 0) is 42.3 Å². The SMILES string of the molecule is Cc1cc(C#CCN)ccc1OCCc1cccnc1. The van der Waals surface area contributed by atoms with Gasteiger partial charge in [0.15, 0.2) is 0 Å². The standard InChI is InChI=1S/C17H18N2O/c1-14-12-15(4-2-9-18)6-7-17(14)20-11-8-16-5-3-10-19-13-16/h3,5-7,10,12-13H,8-9,11,18H2,1H3. The first kappa shape index (κ1) is 14.1. The van der Waals surface area contributed by atoms with Crippen molar-refractivity contribution in [1.82, 2.24) is 4.98 Å². The number of aryl methyl sites for hydroxylation is 1. The highest BCUT2D eigenvalue weighted by Crippen LogP contribution is 2.19. The van der Waals surface area contributed by atoms with Gasteiger partial charge >= 0.3 is 0 Å². The molecule has 102 valence electrons. The van der Waals surface area contributed by atoms with Crippen LogP contribution in [0.15, 0.2) is 42.7 Å². The monoisotopic (exact) mass is 266 g/mol. The number of hydrogen-bond acceptors (Lipinski definition) is 3. The smallest absolute Gasteiger partial charge is 0.122 e. The van der Waals surface area contributed by atoms with Crippen molar-refractivity contribution in [1.29, 1.82) is 0 Å². The zero-order valence-electron chi connectivity index (χ0n) is 11.6. The maximum atomic E-state index is 5.80. The molecule has 1 aromatic carbocycles. The van der Waals surface area contributed by atoms with Crippen LogP contribution in [0.4, 0.5) is 0 Å². The molecule has 1 heterocycles. The second kappa shape index (κ2) is 7.32. The number of rotatable bonds is 4. The molecule has 2 aromatic rings. The van der Waals surface area contributed by atoms with E-state index in [2.05, 4.69) is 22.9 Å². The van der Waals surface area contributed by atoms with Crippen LogP contribution >= 0.6 is 0 Å². The minimum absolute atomic E-state index is 0.377. The molecule has 0 aliphatic heterocycles. The maximum Gasteiger partial charge on any atom is 0.122 e. The van der Waals surface area contributed by atoms with Crippen molar-refractivity contribution >= 4 is 0 Å². The van der Waals surface area contributed by atoms with Crippen molar-refractivity contribution in [3.05, 3.63) is 59.4 Å². The highest BCUT2D eigenvalue weighted by atomic mass is 16.5. The third kappa shape index (κ3) is 4.11. The molecule has 0 spiro atoms. The fourth-order valence-electron chi connectivity index (χ4n) is 1.87. The van der Waals surface area contributed by atoms with Crippen LogP contribution < -0.4 is 10.5 Å². The summed E-state index contributed by atoms with van der Waals surface area (Å²) in [5.41, 5.74) is 8.59. The zero-order valence-corrected chi connectivity index (χ0v) is 11.6. The molecule has 0 amide bonds. The molecule has 3 heteroatoms. The van der Waals surface area contributed by atoms with Crippen LogP contribution in [0, 0.1) is 18.8 Å². The normalized spacial score (nSPS) is 9.70. The molecule has 0 atom stereocenters. The van der Waals surface area contributed by atoms with E-state index in [4.69, 9.17) is 10.5 Å². The van der Waals surface area contributed by atoms with Crippen molar-refractivity contribution in [3.63, 3.8) is 0 Å². The Labute approximate surface area is 119 Å². The van der Waals surface area contributed by atoms with Crippen LogP contribution in [0.3, 0.4) is 0 Å². The van der Waals surface area contributed by atoms with Gasteiger partial charge in [0.2, 0.25) is 0 Å². The average molecular weight is 266 g/mol. The molecular formula is C17H18N2O. The van der Waals surface area contributed by atoms with Crippen molar-refractivity contribution in [3.8, 4) is 17.6 Å². The van der Waals surface area contributed by atoms with Gasteiger partial charge in [0.05, 0.1) is 13.2 Å². The largest absolute Gasteiger partial charge is 0.493 e. The highest BCUT2D eigenvalue weighted by molar-refractivity contribution is 5.43. The summed E-state index contributed by atoms with van der Waals surface area (Å²) in [6, 6.07) is 9.91. The van der Waals surface area contributed by atoms with Crippen molar-refractivity contribution < 1.29 is 4.74 Å². The summed E-state index contributed by atoms with van der Waals surface area (Å²) in [5, 5.41) is 0. The Morgan fingerprint density at radius 2 is 2.20 bits per heavy atom. The summed E-state index contributed by atoms with van der Waals surface area (Å²) in [6.07, 6.45) is 4.49. The van der Waals surface area contributed by atoms with Crippen molar-refractivity contribution in [2.45, 2.75) is 13.3 Å². The molecule has 0 radical (unpaired) electrons. The summed E-state index contributed by atoms with van der Waals surface area (Å²) in [5.74, 6) is 6.76. The van der Waals surface area contributed by atoms with E-state index in [1.54, 1.807) is 6.20 Å². The number of pyridine rings is 1. The minimum Gasteiger partial charge on any atom is -0.493 e. The lowest BCUT2D eigenvalue weighted by Gasteiger charge is -2.09. The number of aromatic nitrogens is 1. The van der Waals surface area contributed by atoms with Gasteiger partial charge in [0.1, 0.15) is 5.75 Å². The number of benzene rings is 1. The van der Waals surface area contributed by atoms with E-state index in [1.807, 2.05) is 37.4 Å². The van der Waals surface area contributed by atoms with E-state index in [9.17, 15) is 0 Å². The van der Waals surface area contributed by atoms with Gasteiger partial charge in [0, 0.05) is 24.4 Å². The van der Waals surface area contributed by atoms with Crippen molar-refractivity contribution in [2.75, 3.05) is 13.2 Å². The fourth-order valence-corrected chi connectivity index (χ4v) is 1.87. The molecular weight excluding hydrogens is 248 g/mol. The van der Waals surface area contributed by atoms with Gasteiger partial charge in [-0.3, -0.25) is 4.98 Å². The first-order chi connectivity index (χ1) is 9.79. The summed E-state index contributed by atoms with van der Waals surface area (Å²) in [4.78, 5) is 4.09. The Morgan fingerprint density at radius 3 is 2.90 bits per heavy atom. The topological polar surface area (TPSA) is 48.1 Å². The molecule has 0 aliphatic rings.